The molecule has 2 aromatic rings. The summed E-state index contributed by atoms with van der Waals surface area (Å²) in [6, 6.07) is 9.94. The van der Waals surface area contributed by atoms with Crippen molar-refractivity contribution in [3.63, 3.8) is 0 Å². The van der Waals surface area contributed by atoms with Gasteiger partial charge < -0.3 is 4.90 Å². The van der Waals surface area contributed by atoms with Crippen LogP contribution in [0.15, 0.2) is 41.8 Å². The Hall–Kier alpha value is -2.18. The normalized spacial score (nSPS) is 32.6. The number of carbonyl (C=O) groups is 3. The summed E-state index contributed by atoms with van der Waals surface area (Å²) in [6.07, 6.45) is 6.61. The molecule has 172 valence electrons. The molecule has 1 atom stereocenters. The van der Waals surface area contributed by atoms with Gasteiger partial charge in [0, 0.05) is 9.90 Å². The molecular formula is C26H27ClN2O3S. The maximum Gasteiger partial charge on any atom is 0.257 e. The first-order valence-corrected chi connectivity index (χ1v) is 13.1. The van der Waals surface area contributed by atoms with E-state index in [1.807, 2.05) is 17.5 Å². The van der Waals surface area contributed by atoms with Crippen LogP contribution in [0.3, 0.4) is 0 Å². The van der Waals surface area contributed by atoms with E-state index >= 15 is 0 Å². The molecule has 2 heterocycles. The van der Waals surface area contributed by atoms with Crippen LogP contribution >= 0.6 is 22.9 Å². The summed E-state index contributed by atoms with van der Waals surface area (Å²) < 4.78 is 0. The van der Waals surface area contributed by atoms with E-state index in [1.165, 1.54) is 24.2 Å². The Balaban J connectivity index is 1.33. The number of nitrogens with zero attached hydrogens (tertiary/aromatic N) is 2. The van der Waals surface area contributed by atoms with Crippen molar-refractivity contribution in [2.24, 2.45) is 23.2 Å². The molecule has 4 saturated carbocycles. The first-order chi connectivity index (χ1) is 15.9. The molecule has 5 aliphatic rings. The molecule has 4 bridgehead atoms. The average molecular weight is 483 g/mol. The lowest BCUT2D eigenvalue weighted by Gasteiger charge is -2.56. The number of carbonyl (C=O) groups excluding carboxylic acids is 3. The number of halogens is 1. The molecule has 1 aromatic heterocycles. The van der Waals surface area contributed by atoms with Crippen LogP contribution in [-0.2, 0) is 20.9 Å². The van der Waals surface area contributed by atoms with Gasteiger partial charge in [-0.05, 0) is 92.0 Å². The number of hydrogen-bond donors (Lipinski definition) is 0. The van der Waals surface area contributed by atoms with Crippen molar-refractivity contribution < 1.29 is 14.4 Å². The zero-order valence-electron chi connectivity index (χ0n) is 18.4. The fourth-order valence-electron chi connectivity index (χ4n) is 7.29. The van der Waals surface area contributed by atoms with Crippen LogP contribution in [0, 0.1) is 23.2 Å². The number of benzene rings is 1. The minimum absolute atomic E-state index is 0.0327. The molecule has 1 aromatic carbocycles. The Morgan fingerprint density at radius 2 is 1.67 bits per heavy atom. The molecule has 1 saturated heterocycles. The highest BCUT2D eigenvalue weighted by Crippen LogP contribution is 2.60. The fraction of sp³-hybridized carbons (Fsp3) is 0.500. The number of rotatable bonds is 5. The van der Waals surface area contributed by atoms with Crippen molar-refractivity contribution in [1.82, 2.24) is 4.90 Å². The third-order valence-electron chi connectivity index (χ3n) is 8.24. The first kappa shape index (κ1) is 21.4. The van der Waals surface area contributed by atoms with Crippen LogP contribution in [0.1, 0.15) is 49.8 Å². The molecule has 0 radical (unpaired) electrons. The summed E-state index contributed by atoms with van der Waals surface area (Å²) in [5.41, 5.74) is 0.151. The molecule has 5 fully saturated rings. The molecule has 1 aliphatic heterocycles. The highest BCUT2D eigenvalue weighted by atomic mass is 35.5. The van der Waals surface area contributed by atoms with Crippen LogP contribution in [0.25, 0.3) is 0 Å². The summed E-state index contributed by atoms with van der Waals surface area (Å²) in [4.78, 5) is 44.9. The van der Waals surface area contributed by atoms with Crippen molar-refractivity contribution in [3.05, 3.63) is 51.7 Å². The van der Waals surface area contributed by atoms with Gasteiger partial charge >= 0.3 is 0 Å². The van der Waals surface area contributed by atoms with E-state index in [4.69, 9.17) is 11.6 Å². The van der Waals surface area contributed by atoms with Gasteiger partial charge in [0.1, 0.15) is 6.04 Å². The topological polar surface area (TPSA) is 57.7 Å². The quantitative estimate of drug-likeness (QED) is 0.545. The van der Waals surface area contributed by atoms with E-state index in [1.54, 1.807) is 40.5 Å². The van der Waals surface area contributed by atoms with Gasteiger partial charge in [-0.2, -0.15) is 0 Å². The second-order valence-corrected chi connectivity index (χ2v) is 11.9. The van der Waals surface area contributed by atoms with Gasteiger partial charge in [-0.25, -0.2) is 4.90 Å². The molecule has 33 heavy (non-hydrogen) atoms. The van der Waals surface area contributed by atoms with Crippen LogP contribution in [0.2, 0.25) is 5.02 Å². The third-order valence-corrected chi connectivity index (χ3v) is 9.36. The summed E-state index contributed by atoms with van der Waals surface area (Å²) >= 11 is 7.59. The molecule has 0 spiro atoms. The van der Waals surface area contributed by atoms with Gasteiger partial charge in [-0.3, -0.25) is 14.4 Å². The fourth-order valence-corrected chi connectivity index (χ4v) is 8.12. The third kappa shape index (κ3) is 3.62. The molecule has 7 heteroatoms. The zero-order chi connectivity index (χ0) is 22.7. The van der Waals surface area contributed by atoms with Gasteiger partial charge in [0.2, 0.25) is 11.8 Å². The van der Waals surface area contributed by atoms with Crippen LogP contribution in [0.4, 0.5) is 5.69 Å². The van der Waals surface area contributed by atoms with Gasteiger partial charge in [0.05, 0.1) is 24.1 Å². The van der Waals surface area contributed by atoms with Gasteiger partial charge in [-0.1, -0.05) is 17.7 Å². The standard InChI is InChI=1S/C26H27ClN2O3S/c27-19-3-5-20(6-4-19)29-23(30)11-22(24(29)31)28(15-21-2-1-7-33-21)25(32)26-12-16-8-17(13-26)10-18(9-16)14-26/h1-7,16-18,22H,8-15H2. The van der Waals surface area contributed by atoms with Gasteiger partial charge in [0.25, 0.3) is 5.91 Å². The van der Waals surface area contributed by atoms with Crippen molar-refractivity contribution in [2.75, 3.05) is 4.90 Å². The van der Waals surface area contributed by atoms with Crippen molar-refractivity contribution >= 4 is 46.3 Å². The number of anilines is 1. The monoisotopic (exact) mass is 482 g/mol. The molecular weight excluding hydrogens is 456 g/mol. The number of hydrogen-bond acceptors (Lipinski definition) is 4. The Morgan fingerprint density at radius 1 is 1.03 bits per heavy atom. The van der Waals surface area contributed by atoms with E-state index in [9.17, 15) is 14.4 Å². The summed E-state index contributed by atoms with van der Waals surface area (Å²) in [5.74, 6) is 1.43. The maximum atomic E-state index is 14.3. The Labute approximate surface area is 202 Å². The lowest BCUT2D eigenvalue weighted by Crippen LogP contribution is -2.57. The lowest BCUT2D eigenvalue weighted by molar-refractivity contribution is -0.162. The van der Waals surface area contributed by atoms with E-state index < -0.39 is 6.04 Å². The highest BCUT2D eigenvalue weighted by Gasteiger charge is 2.57. The number of amides is 3. The Kier molecular flexibility index (Phi) is 5.15. The lowest BCUT2D eigenvalue weighted by atomic mass is 9.49. The van der Waals surface area contributed by atoms with Crippen molar-refractivity contribution in [3.8, 4) is 0 Å². The smallest absolute Gasteiger partial charge is 0.257 e. The van der Waals surface area contributed by atoms with E-state index in [2.05, 4.69) is 0 Å². The van der Waals surface area contributed by atoms with Gasteiger partial charge in [-0.15, -0.1) is 11.3 Å². The minimum Gasteiger partial charge on any atom is -0.324 e. The molecule has 3 amide bonds. The summed E-state index contributed by atoms with van der Waals surface area (Å²) in [6.45, 7) is 0.385. The maximum absolute atomic E-state index is 14.3. The summed E-state index contributed by atoms with van der Waals surface area (Å²) in [7, 11) is 0. The predicted molar refractivity (Wildman–Crippen MR) is 128 cm³/mol. The first-order valence-electron chi connectivity index (χ1n) is 11.9. The summed E-state index contributed by atoms with van der Waals surface area (Å²) in [5, 5.41) is 2.54. The van der Waals surface area contributed by atoms with Crippen molar-refractivity contribution in [2.45, 2.75) is 57.5 Å². The molecule has 5 nitrogen and oxygen atoms in total. The Morgan fingerprint density at radius 3 is 2.24 bits per heavy atom. The van der Waals surface area contributed by atoms with Crippen LogP contribution in [0.5, 0.6) is 0 Å². The van der Waals surface area contributed by atoms with E-state index in [0.29, 0.717) is 35.0 Å². The molecule has 7 rings (SSSR count). The SMILES string of the molecule is O=C1CC(N(Cc2cccs2)C(=O)C23CC4CC(CC(C4)C2)C3)C(=O)N1c1ccc(Cl)cc1. The number of imide groups is 1. The molecule has 0 N–H and O–H groups in total. The predicted octanol–water partition coefficient (Wildman–Crippen LogP) is 5.28. The second-order valence-electron chi connectivity index (χ2n) is 10.5. The average Bonchev–Trinajstić information content (AvgIpc) is 3.39. The van der Waals surface area contributed by atoms with E-state index in [0.717, 1.165) is 24.1 Å². The van der Waals surface area contributed by atoms with E-state index in [-0.39, 0.29) is 29.6 Å². The van der Waals surface area contributed by atoms with Crippen molar-refractivity contribution in [1.29, 1.82) is 0 Å². The Bertz CT molecular complexity index is 1060. The number of thiophene rings is 1. The second kappa shape index (κ2) is 7.95. The largest absolute Gasteiger partial charge is 0.324 e. The van der Waals surface area contributed by atoms with Crippen LogP contribution in [-0.4, -0.2) is 28.7 Å². The highest BCUT2D eigenvalue weighted by molar-refractivity contribution is 7.09. The van der Waals surface area contributed by atoms with Gasteiger partial charge in [0.15, 0.2) is 0 Å². The van der Waals surface area contributed by atoms with Crippen LogP contribution < -0.4 is 4.90 Å². The zero-order valence-corrected chi connectivity index (χ0v) is 20.0. The molecule has 4 aliphatic carbocycles. The minimum atomic E-state index is -0.754. The molecule has 1 unspecified atom stereocenters.